The number of carbonyl (C=O) groups is 1. The molecule has 2 nitrogen and oxygen atoms in total. The predicted molar refractivity (Wildman–Crippen MR) is 87.3 cm³/mol. The first-order valence-electron chi connectivity index (χ1n) is 7.78. The Kier molecular flexibility index (Phi) is 9.14. The lowest BCUT2D eigenvalue weighted by atomic mass is 10.1. The fourth-order valence-electron chi connectivity index (χ4n) is 2.21. The summed E-state index contributed by atoms with van der Waals surface area (Å²) in [5.41, 5.74) is 0.780. The summed E-state index contributed by atoms with van der Waals surface area (Å²) in [4.78, 5) is 11.7. The molecule has 1 rings (SSSR count). The molecule has 0 aliphatic heterocycles. The molecular formula is C17H26ClNO. The van der Waals surface area contributed by atoms with Crippen molar-refractivity contribution in [2.45, 2.75) is 64.7 Å². The van der Waals surface area contributed by atoms with Crippen molar-refractivity contribution in [2.75, 3.05) is 5.32 Å². The molecule has 0 spiro atoms. The molecule has 0 atom stereocenters. The molecule has 0 radical (unpaired) electrons. The van der Waals surface area contributed by atoms with Crippen LogP contribution >= 0.6 is 11.6 Å². The number of unbranched alkanes of at least 4 members (excludes halogenated alkanes) is 7. The van der Waals surface area contributed by atoms with E-state index >= 15 is 0 Å². The highest BCUT2D eigenvalue weighted by Crippen LogP contribution is 2.15. The Morgan fingerprint density at radius 3 is 2.35 bits per heavy atom. The summed E-state index contributed by atoms with van der Waals surface area (Å²) in [6, 6.07) is 7.27. The zero-order chi connectivity index (χ0) is 14.6. The number of amides is 1. The predicted octanol–water partition coefficient (Wildman–Crippen LogP) is 5.81. The van der Waals surface area contributed by atoms with Crippen LogP contribution < -0.4 is 5.32 Å². The van der Waals surface area contributed by atoms with E-state index in [0.717, 1.165) is 18.5 Å². The number of nitrogens with one attached hydrogen (secondary N) is 1. The van der Waals surface area contributed by atoms with Gasteiger partial charge in [0.1, 0.15) is 0 Å². The maximum atomic E-state index is 11.7. The Labute approximate surface area is 127 Å². The van der Waals surface area contributed by atoms with Crippen LogP contribution in [0.2, 0.25) is 5.02 Å². The van der Waals surface area contributed by atoms with E-state index in [9.17, 15) is 4.79 Å². The zero-order valence-electron chi connectivity index (χ0n) is 12.5. The lowest BCUT2D eigenvalue weighted by Crippen LogP contribution is -2.10. The highest BCUT2D eigenvalue weighted by molar-refractivity contribution is 6.30. The minimum atomic E-state index is 0.0817. The molecule has 1 amide bonds. The lowest BCUT2D eigenvalue weighted by Gasteiger charge is -2.05. The van der Waals surface area contributed by atoms with E-state index in [4.69, 9.17) is 11.6 Å². The van der Waals surface area contributed by atoms with Crippen LogP contribution in [0, 0.1) is 0 Å². The Morgan fingerprint density at radius 2 is 1.70 bits per heavy atom. The van der Waals surface area contributed by atoms with Crippen molar-refractivity contribution in [2.24, 2.45) is 0 Å². The number of carbonyl (C=O) groups excluding carboxylic acids is 1. The normalized spacial score (nSPS) is 10.5. The molecule has 0 aliphatic carbocycles. The van der Waals surface area contributed by atoms with E-state index < -0.39 is 0 Å². The quantitative estimate of drug-likeness (QED) is 0.542. The number of hydrogen-bond acceptors (Lipinski definition) is 1. The molecule has 20 heavy (non-hydrogen) atoms. The maximum absolute atomic E-state index is 11.7. The van der Waals surface area contributed by atoms with E-state index in [1.807, 2.05) is 12.1 Å². The minimum absolute atomic E-state index is 0.0817. The van der Waals surface area contributed by atoms with Gasteiger partial charge in [0, 0.05) is 17.1 Å². The van der Waals surface area contributed by atoms with Crippen LogP contribution in [0.5, 0.6) is 0 Å². The fraction of sp³-hybridized carbons (Fsp3) is 0.588. The highest BCUT2D eigenvalue weighted by atomic mass is 35.5. The monoisotopic (exact) mass is 295 g/mol. The fourth-order valence-corrected chi connectivity index (χ4v) is 2.40. The molecule has 0 unspecified atom stereocenters. The molecule has 0 bridgehead atoms. The van der Waals surface area contributed by atoms with Crippen LogP contribution in [0.1, 0.15) is 64.7 Å². The van der Waals surface area contributed by atoms with Crippen molar-refractivity contribution in [1.29, 1.82) is 0 Å². The molecule has 1 aromatic carbocycles. The van der Waals surface area contributed by atoms with Gasteiger partial charge in [0.05, 0.1) is 0 Å². The Morgan fingerprint density at radius 1 is 1.05 bits per heavy atom. The Balaban J connectivity index is 2.03. The molecule has 0 aromatic heterocycles. The molecule has 0 heterocycles. The second-order valence-electron chi connectivity index (χ2n) is 5.28. The summed E-state index contributed by atoms with van der Waals surface area (Å²) >= 11 is 5.87. The SMILES string of the molecule is CCCCCCCCCCC(=O)Nc1cccc(Cl)c1. The molecule has 0 saturated carbocycles. The van der Waals surface area contributed by atoms with Crippen molar-refractivity contribution in [3.63, 3.8) is 0 Å². The molecule has 112 valence electrons. The molecule has 0 saturated heterocycles. The van der Waals surface area contributed by atoms with Gasteiger partial charge in [0.25, 0.3) is 0 Å². The van der Waals surface area contributed by atoms with Crippen molar-refractivity contribution in [1.82, 2.24) is 0 Å². The molecule has 0 fully saturated rings. The van der Waals surface area contributed by atoms with Crippen LogP contribution in [0.25, 0.3) is 0 Å². The van der Waals surface area contributed by atoms with Gasteiger partial charge >= 0.3 is 0 Å². The standard InChI is InChI=1S/C17H26ClNO/c1-2-3-4-5-6-7-8-9-13-17(20)19-16-12-10-11-15(18)14-16/h10-12,14H,2-9,13H2,1H3,(H,19,20). The van der Waals surface area contributed by atoms with Gasteiger partial charge in [-0.05, 0) is 24.6 Å². The van der Waals surface area contributed by atoms with Gasteiger partial charge in [-0.25, -0.2) is 0 Å². The average molecular weight is 296 g/mol. The summed E-state index contributed by atoms with van der Waals surface area (Å²) in [6.45, 7) is 2.23. The van der Waals surface area contributed by atoms with Gasteiger partial charge < -0.3 is 5.32 Å². The smallest absolute Gasteiger partial charge is 0.224 e. The van der Waals surface area contributed by atoms with Crippen LogP contribution in [-0.2, 0) is 4.79 Å². The van der Waals surface area contributed by atoms with E-state index in [2.05, 4.69) is 12.2 Å². The third-order valence-corrected chi connectivity index (χ3v) is 3.60. The van der Waals surface area contributed by atoms with Crippen LogP contribution in [0.4, 0.5) is 5.69 Å². The summed E-state index contributed by atoms with van der Waals surface area (Å²) in [7, 11) is 0. The van der Waals surface area contributed by atoms with Crippen molar-refractivity contribution in [3.05, 3.63) is 29.3 Å². The largest absolute Gasteiger partial charge is 0.326 e. The van der Waals surface area contributed by atoms with E-state index in [1.165, 1.54) is 38.5 Å². The van der Waals surface area contributed by atoms with Crippen LogP contribution in [0.15, 0.2) is 24.3 Å². The second-order valence-corrected chi connectivity index (χ2v) is 5.72. The third-order valence-electron chi connectivity index (χ3n) is 3.37. The first kappa shape index (κ1) is 17.0. The number of rotatable bonds is 10. The van der Waals surface area contributed by atoms with E-state index in [1.54, 1.807) is 12.1 Å². The first-order chi connectivity index (χ1) is 9.72. The lowest BCUT2D eigenvalue weighted by molar-refractivity contribution is -0.116. The van der Waals surface area contributed by atoms with Gasteiger partial charge in [-0.15, -0.1) is 0 Å². The molecule has 3 heteroatoms. The molecule has 0 aliphatic rings. The first-order valence-corrected chi connectivity index (χ1v) is 8.15. The second kappa shape index (κ2) is 10.7. The topological polar surface area (TPSA) is 29.1 Å². The summed E-state index contributed by atoms with van der Waals surface area (Å²) in [5, 5.41) is 3.53. The summed E-state index contributed by atoms with van der Waals surface area (Å²) < 4.78 is 0. The van der Waals surface area contributed by atoms with Crippen molar-refractivity contribution in [3.8, 4) is 0 Å². The number of hydrogen-bond donors (Lipinski definition) is 1. The average Bonchev–Trinajstić information content (AvgIpc) is 2.42. The number of halogens is 1. The number of benzene rings is 1. The van der Waals surface area contributed by atoms with Crippen LogP contribution in [-0.4, -0.2) is 5.91 Å². The van der Waals surface area contributed by atoms with Gasteiger partial charge in [-0.1, -0.05) is 69.5 Å². The van der Waals surface area contributed by atoms with Gasteiger partial charge in [-0.3, -0.25) is 4.79 Å². The Bertz CT molecular complexity index is 392. The minimum Gasteiger partial charge on any atom is -0.326 e. The van der Waals surface area contributed by atoms with Crippen molar-refractivity contribution >= 4 is 23.2 Å². The van der Waals surface area contributed by atoms with Crippen molar-refractivity contribution < 1.29 is 4.79 Å². The third kappa shape index (κ3) is 8.21. The highest BCUT2D eigenvalue weighted by Gasteiger charge is 2.02. The van der Waals surface area contributed by atoms with E-state index in [0.29, 0.717) is 11.4 Å². The molecular weight excluding hydrogens is 270 g/mol. The van der Waals surface area contributed by atoms with Gasteiger partial charge in [0.15, 0.2) is 0 Å². The summed E-state index contributed by atoms with van der Waals surface area (Å²) in [5.74, 6) is 0.0817. The Hall–Kier alpha value is -1.02. The van der Waals surface area contributed by atoms with Gasteiger partial charge in [0.2, 0.25) is 5.91 Å². The van der Waals surface area contributed by atoms with Gasteiger partial charge in [-0.2, -0.15) is 0 Å². The van der Waals surface area contributed by atoms with Crippen LogP contribution in [0.3, 0.4) is 0 Å². The molecule has 1 aromatic rings. The van der Waals surface area contributed by atoms with E-state index in [-0.39, 0.29) is 5.91 Å². The summed E-state index contributed by atoms with van der Waals surface area (Å²) in [6.07, 6.45) is 10.6. The maximum Gasteiger partial charge on any atom is 0.224 e. The molecule has 1 N–H and O–H groups in total. The zero-order valence-corrected chi connectivity index (χ0v) is 13.2. The number of anilines is 1.